The zero-order valence-electron chi connectivity index (χ0n) is 17.8. The number of amides is 1. The number of hydrogen-bond acceptors (Lipinski definition) is 6. The Balaban J connectivity index is 1.61. The van der Waals surface area contributed by atoms with Crippen molar-refractivity contribution in [1.82, 2.24) is 9.97 Å². The first kappa shape index (κ1) is 26.1. The quantitative estimate of drug-likeness (QED) is 0.159. The average Bonchev–Trinajstić information content (AvgIpc) is 2.81. The van der Waals surface area contributed by atoms with E-state index in [1.54, 1.807) is 48.3 Å². The van der Waals surface area contributed by atoms with Gasteiger partial charge >= 0.3 is 5.97 Å². The molecule has 3 aromatic rings. The van der Waals surface area contributed by atoms with Gasteiger partial charge < -0.3 is 15.7 Å². The van der Waals surface area contributed by atoms with Crippen molar-refractivity contribution in [3.63, 3.8) is 0 Å². The van der Waals surface area contributed by atoms with Gasteiger partial charge in [-0.15, -0.1) is 23.4 Å². The van der Waals surface area contributed by atoms with Crippen LogP contribution in [0.4, 0.5) is 11.5 Å². The zero-order chi connectivity index (χ0) is 24.5. The minimum atomic E-state index is -0.998. The lowest BCUT2D eigenvalue weighted by Crippen LogP contribution is -2.31. The Morgan fingerprint density at radius 1 is 1.03 bits per heavy atom. The normalized spacial score (nSPS) is 11.6. The fraction of sp³-hybridized carbons (Fsp3) is 0.217. The molecular formula is C23H21Cl3N4O3S. The Morgan fingerprint density at radius 3 is 2.32 bits per heavy atom. The van der Waals surface area contributed by atoms with Crippen LogP contribution in [0.25, 0.3) is 0 Å². The van der Waals surface area contributed by atoms with Crippen molar-refractivity contribution in [3.8, 4) is 0 Å². The van der Waals surface area contributed by atoms with Gasteiger partial charge in [0.25, 0.3) is 5.91 Å². The Bertz CT molecular complexity index is 1110. The number of aromatic nitrogens is 2. The van der Waals surface area contributed by atoms with E-state index >= 15 is 0 Å². The molecule has 1 amide bonds. The van der Waals surface area contributed by atoms with E-state index in [1.807, 2.05) is 6.07 Å². The fourth-order valence-electron chi connectivity index (χ4n) is 2.96. The number of benzene rings is 1. The molecule has 7 nitrogen and oxygen atoms in total. The number of carboxylic acids is 1. The van der Waals surface area contributed by atoms with Gasteiger partial charge in [-0.05, 0) is 42.0 Å². The number of pyridine rings is 2. The number of nitrogens with zero attached hydrogens (tertiary/aromatic N) is 2. The van der Waals surface area contributed by atoms with Crippen LogP contribution in [0.15, 0.2) is 59.9 Å². The summed E-state index contributed by atoms with van der Waals surface area (Å²) >= 11 is 19.4. The summed E-state index contributed by atoms with van der Waals surface area (Å²) in [7, 11) is 0. The Hall–Kier alpha value is -2.52. The largest absolute Gasteiger partial charge is 0.480 e. The first-order chi connectivity index (χ1) is 16.4. The number of anilines is 2. The number of hydrogen-bond donors (Lipinski definition) is 3. The van der Waals surface area contributed by atoms with E-state index in [1.165, 1.54) is 12.4 Å². The number of aliphatic carboxylic acids is 1. The maximum absolute atomic E-state index is 12.5. The third-order valence-electron chi connectivity index (χ3n) is 4.64. The summed E-state index contributed by atoms with van der Waals surface area (Å²) in [6.45, 7) is 0. The monoisotopic (exact) mass is 538 g/mol. The maximum atomic E-state index is 12.5. The highest BCUT2D eigenvalue weighted by atomic mass is 35.5. The van der Waals surface area contributed by atoms with Crippen molar-refractivity contribution in [3.05, 3.63) is 76.2 Å². The van der Waals surface area contributed by atoms with Crippen LogP contribution < -0.4 is 10.6 Å². The SMILES string of the molecule is O=C(Nc1ccc(CC(Nc2ccc(SCCCCl)cn2)C(=O)O)cc1)c1c(Cl)cncc1Cl. The Kier molecular flexibility index (Phi) is 9.83. The van der Waals surface area contributed by atoms with Crippen LogP contribution in [0.2, 0.25) is 10.0 Å². The molecule has 0 saturated carbocycles. The molecule has 11 heteroatoms. The van der Waals surface area contributed by atoms with Gasteiger partial charge in [-0.1, -0.05) is 35.3 Å². The molecule has 2 aromatic heterocycles. The van der Waals surface area contributed by atoms with Crippen molar-refractivity contribution < 1.29 is 14.7 Å². The summed E-state index contributed by atoms with van der Waals surface area (Å²) in [5, 5.41) is 15.6. The smallest absolute Gasteiger partial charge is 0.326 e. The van der Waals surface area contributed by atoms with Gasteiger partial charge in [-0.25, -0.2) is 9.78 Å². The summed E-state index contributed by atoms with van der Waals surface area (Å²) in [5.41, 5.74) is 1.42. The lowest BCUT2D eigenvalue weighted by Gasteiger charge is -2.16. The lowest BCUT2D eigenvalue weighted by molar-refractivity contribution is -0.137. The second-order valence-electron chi connectivity index (χ2n) is 7.14. The van der Waals surface area contributed by atoms with Crippen molar-refractivity contribution in [2.45, 2.75) is 23.8 Å². The van der Waals surface area contributed by atoms with Gasteiger partial charge in [0, 0.05) is 41.5 Å². The molecule has 34 heavy (non-hydrogen) atoms. The average molecular weight is 540 g/mol. The van der Waals surface area contributed by atoms with E-state index in [0.29, 0.717) is 17.4 Å². The number of thioether (sulfide) groups is 1. The van der Waals surface area contributed by atoms with Crippen LogP contribution in [0.3, 0.4) is 0 Å². The molecule has 0 aliphatic rings. The van der Waals surface area contributed by atoms with E-state index in [0.717, 1.165) is 22.6 Å². The second kappa shape index (κ2) is 12.8. The lowest BCUT2D eigenvalue weighted by atomic mass is 10.1. The molecule has 0 saturated heterocycles. The van der Waals surface area contributed by atoms with Crippen molar-refractivity contribution in [2.75, 3.05) is 22.3 Å². The molecule has 3 N–H and O–H groups in total. The number of rotatable bonds is 11. The summed E-state index contributed by atoms with van der Waals surface area (Å²) in [6.07, 6.45) is 5.51. The number of alkyl halides is 1. The zero-order valence-corrected chi connectivity index (χ0v) is 20.9. The van der Waals surface area contributed by atoms with Gasteiger partial charge in [-0.3, -0.25) is 9.78 Å². The predicted molar refractivity (Wildman–Crippen MR) is 138 cm³/mol. The molecule has 3 rings (SSSR count). The standard InChI is InChI=1S/C23H21Cl3N4O3S/c24-8-1-9-34-16-6-7-20(28-11-16)30-19(23(32)33)10-14-2-4-15(5-3-14)29-22(31)21-17(25)12-27-13-18(21)26/h2-7,11-13,19H,1,8-10H2,(H,28,30)(H,29,31)(H,32,33). The van der Waals surface area contributed by atoms with Gasteiger partial charge in [0.05, 0.1) is 15.6 Å². The first-order valence-electron chi connectivity index (χ1n) is 10.2. The summed E-state index contributed by atoms with van der Waals surface area (Å²) in [5.74, 6) is 0.520. The highest BCUT2D eigenvalue weighted by Crippen LogP contribution is 2.24. The van der Waals surface area contributed by atoms with E-state index in [9.17, 15) is 14.7 Å². The van der Waals surface area contributed by atoms with E-state index in [4.69, 9.17) is 34.8 Å². The minimum absolute atomic E-state index is 0.133. The Morgan fingerprint density at radius 2 is 1.74 bits per heavy atom. The van der Waals surface area contributed by atoms with E-state index in [2.05, 4.69) is 20.6 Å². The van der Waals surface area contributed by atoms with Crippen LogP contribution in [-0.4, -0.2) is 44.6 Å². The van der Waals surface area contributed by atoms with E-state index in [-0.39, 0.29) is 22.0 Å². The van der Waals surface area contributed by atoms with Crippen LogP contribution >= 0.6 is 46.6 Å². The number of halogens is 3. The molecule has 2 heterocycles. The van der Waals surface area contributed by atoms with Crippen LogP contribution in [0.1, 0.15) is 22.3 Å². The van der Waals surface area contributed by atoms with Crippen LogP contribution in [-0.2, 0) is 11.2 Å². The molecule has 1 atom stereocenters. The minimum Gasteiger partial charge on any atom is -0.480 e. The number of carboxylic acid groups (broad SMARTS) is 1. The van der Waals surface area contributed by atoms with Gasteiger partial charge in [0.15, 0.2) is 0 Å². The fourth-order valence-corrected chi connectivity index (χ4v) is 4.60. The van der Waals surface area contributed by atoms with Gasteiger partial charge in [0.2, 0.25) is 0 Å². The van der Waals surface area contributed by atoms with Crippen molar-refractivity contribution >= 4 is 69.9 Å². The molecule has 0 bridgehead atoms. The molecule has 0 fully saturated rings. The molecule has 0 radical (unpaired) electrons. The molecule has 1 aromatic carbocycles. The first-order valence-corrected chi connectivity index (χ1v) is 12.5. The molecule has 0 spiro atoms. The molecular weight excluding hydrogens is 519 g/mol. The molecule has 0 aliphatic heterocycles. The highest BCUT2D eigenvalue weighted by Gasteiger charge is 2.19. The number of carbonyl (C=O) groups is 2. The van der Waals surface area contributed by atoms with E-state index < -0.39 is 17.9 Å². The number of carbonyl (C=O) groups excluding carboxylic acids is 1. The molecule has 0 aliphatic carbocycles. The third-order valence-corrected chi connectivity index (χ3v) is 6.54. The van der Waals surface area contributed by atoms with Crippen molar-refractivity contribution in [2.24, 2.45) is 0 Å². The maximum Gasteiger partial charge on any atom is 0.326 e. The predicted octanol–water partition coefficient (Wildman–Crippen LogP) is 5.86. The van der Waals surface area contributed by atoms with Gasteiger partial charge in [-0.2, -0.15) is 0 Å². The Labute approximate surface area is 216 Å². The highest BCUT2D eigenvalue weighted by molar-refractivity contribution is 7.99. The van der Waals surface area contributed by atoms with Gasteiger partial charge in [0.1, 0.15) is 11.9 Å². The van der Waals surface area contributed by atoms with Crippen molar-refractivity contribution in [1.29, 1.82) is 0 Å². The topological polar surface area (TPSA) is 104 Å². The third kappa shape index (κ3) is 7.50. The molecule has 1 unspecified atom stereocenters. The summed E-state index contributed by atoms with van der Waals surface area (Å²) in [6, 6.07) is 9.62. The summed E-state index contributed by atoms with van der Waals surface area (Å²) in [4.78, 5) is 33.4. The van der Waals surface area contributed by atoms with Crippen LogP contribution in [0, 0.1) is 0 Å². The van der Waals surface area contributed by atoms with Crippen LogP contribution in [0.5, 0.6) is 0 Å². The number of nitrogens with one attached hydrogen (secondary N) is 2. The molecule has 178 valence electrons. The second-order valence-corrected chi connectivity index (χ2v) is 9.50. The summed E-state index contributed by atoms with van der Waals surface area (Å²) < 4.78 is 0.